The van der Waals surface area contributed by atoms with Crippen LogP contribution in [0.2, 0.25) is 0 Å². The highest BCUT2D eigenvalue weighted by Gasteiger charge is 2.04. The molecule has 0 amide bonds. The highest BCUT2D eigenvalue weighted by Crippen LogP contribution is 2.17. The summed E-state index contributed by atoms with van der Waals surface area (Å²) in [5, 5.41) is 5.77. The summed E-state index contributed by atoms with van der Waals surface area (Å²) in [7, 11) is 0. The number of halogens is 2. The fourth-order valence-electron chi connectivity index (χ4n) is 1.07. The van der Waals surface area contributed by atoms with Gasteiger partial charge in [0.1, 0.15) is 12.1 Å². The van der Waals surface area contributed by atoms with Crippen molar-refractivity contribution in [2.24, 2.45) is 0 Å². The van der Waals surface area contributed by atoms with Crippen molar-refractivity contribution in [1.82, 2.24) is 14.8 Å². The largest absolute Gasteiger partial charge is 0.347 e. The van der Waals surface area contributed by atoms with Gasteiger partial charge in [-0.3, -0.25) is 0 Å². The minimum Gasteiger partial charge on any atom is -0.250 e. The minimum atomic E-state index is -0.421. The normalized spacial score (nSPS) is 10.4. The predicted octanol–water partition coefficient (Wildman–Crippen LogP) is 1.46. The Labute approximate surface area is 86.5 Å². The molecule has 1 aromatic carbocycles. The van der Waals surface area contributed by atoms with E-state index in [0.29, 0.717) is 10.2 Å². The Hall–Kier alpha value is -1.43. The lowest BCUT2D eigenvalue weighted by molar-refractivity contribution is 0.619. The molecule has 1 aromatic heterocycles. The van der Waals surface area contributed by atoms with Gasteiger partial charge in [0.05, 0.1) is 10.2 Å². The van der Waals surface area contributed by atoms with Crippen LogP contribution in [0.5, 0.6) is 0 Å². The molecule has 0 spiro atoms. The van der Waals surface area contributed by atoms with Crippen LogP contribution in [-0.2, 0) is 0 Å². The van der Waals surface area contributed by atoms with Crippen molar-refractivity contribution in [3.8, 4) is 5.69 Å². The molecule has 0 saturated carbocycles. The molecule has 0 aliphatic carbocycles. The maximum absolute atomic E-state index is 13.1. The molecule has 0 atom stereocenters. The Morgan fingerprint density at radius 1 is 1.50 bits per heavy atom. The molecule has 72 valence electrons. The molecule has 0 unspecified atom stereocenters. The molecule has 0 aliphatic heterocycles. The maximum atomic E-state index is 13.1. The number of nitrogens with one attached hydrogen (secondary N) is 1. The van der Waals surface area contributed by atoms with Gasteiger partial charge >= 0.3 is 5.69 Å². The lowest BCUT2D eigenvalue weighted by Gasteiger charge is -2.00. The van der Waals surface area contributed by atoms with E-state index in [4.69, 9.17) is 0 Å². The first-order valence-corrected chi connectivity index (χ1v) is 4.55. The zero-order chi connectivity index (χ0) is 10.1. The van der Waals surface area contributed by atoms with Crippen molar-refractivity contribution < 1.29 is 4.39 Å². The van der Waals surface area contributed by atoms with Crippen molar-refractivity contribution in [2.75, 3.05) is 0 Å². The van der Waals surface area contributed by atoms with E-state index in [1.165, 1.54) is 23.0 Å². The van der Waals surface area contributed by atoms with Gasteiger partial charge < -0.3 is 0 Å². The molecule has 4 nitrogen and oxygen atoms in total. The molecule has 14 heavy (non-hydrogen) atoms. The van der Waals surface area contributed by atoms with Crippen LogP contribution < -0.4 is 5.69 Å². The molecule has 1 heterocycles. The van der Waals surface area contributed by atoms with Crippen molar-refractivity contribution in [1.29, 1.82) is 0 Å². The second kappa shape index (κ2) is 3.38. The van der Waals surface area contributed by atoms with E-state index in [2.05, 4.69) is 26.1 Å². The molecular weight excluding hydrogens is 253 g/mol. The highest BCUT2D eigenvalue weighted by molar-refractivity contribution is 9.10. The van der Waals surface area contributed by atoms with E-state index < -0.39 is 11.5 Å². The molecule has 2 aromatic rings. The standard InChI is InChI=1S/C8H5BrFN3O/c9-6-2-1-5(3-7(6)10)13-4-11-12-8(13)14/h1-4H,(H,12,14). The summed E-state index contributed by atoms with van der Waals surface area (Å²) in [4.78, 5) is 11.1. The number of benzene rings is 1. The van der Waals surface area contributed by atoms with Crippen LogP contribution >= 0.6 is 15.9 Å². The fourth-order valence-corrected chi connectivity index (χ4v) is 1.31. The van der Waals surface area contributed by atoms with E-state index in [-0.39, 0.29) is 0 Å². The average Bonchev–Trinajstić information content (AvgIpc) is 2.57. The first kappa shape index (κ1) is 9.14. The molecule has 0 fully saturated rings. The van der Waals surface area contributed by atoms with Crippen LogP contribution in [0.3, 0.4) is 0 Å². The Morgan fingerprint density at radius 3 is 2.86 bits per heavy atom. The first-order valence-electron chi connectivity index (χ1n) is 3.76. The molecule has 6 heteroatoms. The van der Waals surface area contributed by atoms with Gasteiger partial charge in [-0.15, -0.1) is 0 Å². The number of nitrogens with zero attached hydrogens (tertiary/aromatic N) is 2. The average molecular weight is 258 g/mol. The zero-order valence-corrected chi connectivity index (χ0v) is 8.45. The smallest absolute Gasteiger partial charge is 0.250 e. The quantitative estimate of drug-likeness (QED) is 0.841. The van der Waals surface area contributed by atoms with Gasteiger partial charge in [-0.2, -0.15) is 5.10 Å². The fraction of sp³-hybridized carbons (Fsp3) is 0. The second-order valence-corrected chi connectivity index (χ2v) is 3.48. The summed E-state index contributed by atoms with van der Waals surface area (Å²) in [6.07, 6.45) is 1.30. The Balaban J connectivity index is 2.59. The number of rotatable bonds is 1. The second-order valence-electron chi connectivity index (χ2n) is 2.63. The number of hydrogen-bond donors (Lipinski definition) is 1. The molecule has 2 rings (SSSR count). The minimum absolute atomic E-state index is 0.359. The molecule has 0 bridgehead atoms. The van der Waals surface area contributed by atoms with Crippen LogP contribution in [0.1, 0.15) is 0 Å². The lowest BCUT2D eigenvalue weighted by atomic mass is 10.3. The molecular formula is C8H5BrFN3O. The molecule has 0 aliphatic rings. The third-order valence-corrected chi connectivity index (χ3v) is 2.38. The van der Waals surface area contributed by atoms with Gasteiger partial charge in [0, 0.05) is 0 Å². The van der Waals surface area contributed by atoms with Gasteiger partial charge in [0.25, 0.3) is 0 Å². The Kier molecular flexibility index (Phi) is 2.20. The van der Waals surface area contributed by atoms with Crippen LogP contribution in [0, 0.1) is 5.82 Å². The van der Waals surface area contributed by atoms with E-state index in [9.17, 15) is 9.18 Å². The number of H-pyrrole nitrogens is 1. The van der Waals surface area contributed by atoms with Gasteiger partial charge in [-0.05, 0) is 34.1 Å². The van der Waals surface area contributed by atoms with E-state index in [1.54, 1.807) is 6.07 Å². The maximum Gasteiger partial charge on any atom is 0.347 e. The third-order valence-electron chi connectivity index (χ3n) is 1.73. The summed E-state index contributed by atoms with van der Waals surface area (Å²) in [6.45, 7) is 0. The van der Waals surface area contributed by atoms with Gasteiger partial charge in [-0.25, -0.2) is 18.9 Å². The SMILES string of the molecule is O=c1[nH]ncn1-c1ccc(Br)c(F)c1. The Bertz CT molecular complexity index is 519. The third kappa shape index (κ3) is 1.48. The molecule has 0 radical (unpaired) electrons. The zero-order valence-electron chi connectivity index (χ0n) is 6.87. The Morgan fingerprint density at radius 2 is 2.29 bits per heavy atom. The van der Waals surface area contributed by atoms with E-state index in [0.717, 1.165) is 0 Å². The van der Waals surface area contributed by atoms with Gasteiger partial charge in [0.2, 0.25) is 0 Å². The van der Waals surface area contributed by atoms with Crippen LogP contribution in [0.25, 0.3) is 5.69 Å². The van der Waals surface area contributed by atoms with Crippen LogP contribution in [-0.4, -0.2) is 14.8 Å². The lowest BCUT2D eigenvalue weighted by Crippen LogP contribution is -2.14. The van der Waals surface area contributed by atoms with Crippen molar-refractivity contribution >= 4 is 15.9 Å². The van der Waals surface area contributed by atoms with E-state index >= 15 is 0 Å². The van der Waals surface area contributed by atoms with Gasteiger partial charge in [0.15, 0.2) is 0 Å². The molecule has 1 N–H and O–H groups in total. The van der Waals surface area contributed by atoms with Crippen molar-refractivity contribution in [3.05, 3.63) is 45.3 Å². The van der Waals surface area contributed by atoms with Gasteiger partial charge in [-0.1, -0.05) is 0 Å². The molecule has 0 saturated heterocycles. The number of aromatic nitrogens is 3. The van der Waals surface area contributed by atoms with Crippen LogP contribution in [0.4, 0.5) is 4.39 Å². The number of hydrogen-bond acceptors (Lipinski definition) is 2. The summed E-state index contributed by atoms with van der Waals surface area (Å²) >= 11 is 3.03. The monoisotopic (exact) mass is 257 g/mol. The summed E-state index contributed by atoms with van der Waals surface area (Å²) in [5.41, 5.74) is 0.0381. The topological polar surface area (TPSA) is 50.7 Å². The highest BCUT2D eigenvalue weighted by atomic mass is 79.9. The van der Waals surface area contributed by atoms with E-state index in [1.807, 2.05) is 0 Å². The summed E-state index contributed by atoms with van der Waals surface area (Å²) in [6, 6.07) is 4.40. The van der Waals surface area contributed by atoms with Crippen LogP contribution in [0.15, 0.2) is 33.8 Å². The first-order chi connectivity index (χ1) is 6.68. The van der Waals surface area contributed by atoms with Crippen molar-refractivity contribution in [3.63, 3.8) is 0 Å². The number of aromatic amines is 1. The summed E-state index contributed by atoms with van der Waals surface area (Å²) < 4.78 is 14.7. The predicted molar refractivity (Wildman–Crippen MR) is 51.8 cm³/mol. The summed E-state index contributed by atoms with van der Waals surface area (Å²) in [5.74, 6) is -0.421. The van der Waals surface area contributed by atoms with Crippen molar-refractivity contribution in [2.45, 2.75) is 0 Å².